The average Bonchev–Trinajstić information content (AvgIpc) is 2.68. The Bertz CT molecular complexity index is 775. The maximum absolute atomic E-state index is 12.6. The summed E-state index contributed by atoms with van der Waals surface area (Å²) < 4.78 is 5.40. The summed E-state index contributed by atoms with van der Waals surface area (Å²) >= 11 is 6.44. The molecule has 1 saturated heterocycles. The maximum Gasteiger partial charge on any atom is 0.255 e. The van der Waals surface area contributed by atoms with Crippen molar-refractivity contribution in [3.63, 3.8) is 0 Å². The molecule has 138 valence electrons. The summed E-state index contributed by atoms with van der Waals surface area (Å²) in [6.45, 7) is 2.23. The molecule has 1 fully saturated rings. The first-order chi connectivity index (χ1) is 12.6. The quantitative estimate of drug-likeness (QED) is 0.794. The smallest absolute Gasteiger partial charge is 0.255 e. The fourth-order valence-corrected chi connectivity index (χ4v) is 3.58. The van der Waals surface area contributed by atoms with Crippen LogP contribution in [0.3, 0.4) is 0 Å². The van der Waals surface area contributed by atoms with Crippen LogP contribution in [0, 0.1) is 0 Å². The zero-order valence-electron chi connectivity index (χ0n) is 15.2. The number of ether oxygens (including phenoxy) is 1. The van der Waals surface area contributed by atoms with E-state index < -0.39 is 0 Å². The molecule has 0 spiro atoms. The lowest BCUT2D eigenvalue weighted by atomic mass is 10.1. The fraction of sp³-hybridized carbons (Fsp3) is 0.400. The molecule has 26 heavy (non-hydrogen) atoms. The lowest BCUT2D eigenvalue weighted by Crippen LogP contribution is -2.35. The summed E-state index contributed by atoms with van der Waals surface area (Å²) in [5, 5.41) is 0.477. The van der Waals surface area contributed by atoms with Crippen molar-refractivity contribution in [3.8, 4) is 5.75 Å². The van der Waals surface area contributed by atoms with Gasteiger partial charge in [-0.15, -0.1) is 0 Å². The third kappa shape index (κ3) is 4.10. The molecule has 1 aromatic heterocycles. The first kappa shape index (κ1) is 18.5. The molecule has 3 rings (SSSR count). The van der Waals surface area contributed by atoms with Crippen molar-refractivity contribution in [3.05, 3.63) is 52.7 Å². The van der Waals surface area contributed by atoms with Gasteiger partial charge in [-0.05, 0) is 31.4 Å². The van der Waals surface area contributed by atoms with Crippen LogP contribution in [0.15, 0.2) is 36.5 Å². The molecule has 1 amide bonds. The van der Waals surface area contributed by atoms with Crippen molar-refractivity contribution in [1.82, 2.24) is 9.88 Å². The van der Waals surface area contributed by atoms with E-state index in [0.29, 0.717) is 22.9 Å². The molecule has 1 aliphatic heterocycles. The molecule has 0 radical (unpaired) electrons. The summed E-state index contributed by atoms with van der Waals surface area (Å²) in [6, 6.07) is 9.57. The van der Waals surface area contributed by atoms with Crippen LogP contribution in [0.5, 0.6) is 5.75 Å². The third-order valence-electron chi connectivity index (χ3n) is 4.67. The number of likely N-dealkylation sites (tertiary alicyclic amines) is 1. The number of nitrogens with zero attached hydrogens (tertiary/aromatic N) is 3. The van der Waals surface area contributed by atoms with Crippen molar-refractivity contribution in [2.24, 2.45) is 0 Å². The molecule has 0 bridgehead atoms. The van der Waals surface area contributed by atoms with Crippen molar-refractivity contribution in [2.75, 3.05) is 32.1 Å². The molecular formula is C20H24ClN3O2. The summed E-state index contributed by atoms with van der Waals surface area (Å²) in [5.41, 5.74) is 1.59. The highest BCUT2D eigenvalue weighted by atomic mass is 35.5. The van der Waals surface area contributed by atoms with Crippen LogP contribution < -0.4 is 9.64 Å². The number of hydrogen-bond acceptors (Lipinski definition) is 4. The highest BCUT2D eigenvalue weighted by Crippen LogP contribution is 2.27. The zero-order valence-corrected chi connectivity index (χ0v) is 16.0. The van der Waals surface area contributed by atoms with Gasteiger partial charge in [-0.25, -0.2) is 4.98 Å². The molecule has 2 aromatic rings. The van der Waals surface area contributed by atoms with Gasteiger partial charge in [0.05, 0.1) is 17.7 Å². The minimum absolute atomic E-state index is 0.0121. The summed E-state index contributed by atoms with van der Waals surface area (Å²) in [4.78, 5) is 20.9. The molecule has 2 heterocycles. The Morgan fingerprint density at radius 1 is 1.27 bits per heavy atom. The van der Waals surface area contributed by atoms with Crippen LogP contribution in [0.1, 0.15) is 35.2 Å². The number of methoxy groups -OCH3 is 1. The summed E-state index contributed by atoms with van der Waals surface area (Å²) in [7, 11) is 3.58. The number of para-hydroxylation sites is 1. The van der Waals surface area contributed by atoms with E-state index in [1.54, 1.807) is 19.4 Å². The van der Waals surface area contributed by atoms with Gasteiger partial charge in [-0.3, -0.25) is 4.79 Å². The van der Waals surface area contributed by atoms with E-state index in [0.717, 1.165) is 37.2 Å². The van der Waals surface area contributed by atoms with E-state index in [1.807, 2.05) is 41.1 Å². The number of amides is 1. The Morgan fingerprint density at radius 2 is 2.00 bits per heavy atom. The van der Waals surface area contributed by atoms with Crippen molar-refractivity contribution < 1.29 is 9.53 Å². The number of piperidine rings is 1. The molecule has 0 N–H and O–H groups in total. The summed E-state index contributed by atoms with van der Waals surface area (Å²) in [5.74, 6) is 1.48. The largest absolute Gasteiger partial charge is 0.496 e. The standard InChI is InChI=1S/C20H24ClN3O2/c1-23(14-15-8-4-5-9-18(15)26-2)19-17(21)12-16(13-22-19)20(25)24-10-6-3-7-11-24/h4-5,8-9,12-13H,3,6-7,10-11,14H2,1-2H3. The minimum Gasteiger partial charge on any atom is -0.496 e. The molecule has 1 aliphatic rings. The fourth-order valence-electron chi connectivity index (χ4n) is 3.27. The normalized spacial score (nSPS) is 14.2. The number of carbonyl (C=O) groups is 1. The van der Waals surface area contributed by atoms with E-state index in [1.165, 1.54) is 6.42 Å². The van der Waals surface area contributed by atoms with Gasteiger partial charge in [-0.1, -0.05) is 29.8 Å². The summed E-state index contributed by atoms with van der Waals surface area (Å²) in [6.07, 6.45) is 4.94. The number of pyridine rings is 1. The minimum atomic E-state index is 0.0121. The third-order valence-corrected chi connectivity index (χ3v) is 4.95. The second-order valence-electron chi connectivity index (χ2n) is 6.55. The Hall–Kier alpha value is -2.27. The Labute approximate surface area is 159 Å². The van der Waals surface area contributed by atoms with Gasteiger partial charge in [0.2, 0.25) is 0 Å². The van der Waals surface area contributed by atoms with E-state index in [4.69, 9.17) is 16.3 Å². The van der Waals surface area contributed by atoms with Gasteiger partial charge >= 0.3 is 0 Å². The van der Waals surface area contributed by atoms with Crippen LogP contribution in [0.25, 0.3) is 0 Å². The van der Waals surface area contributed by atoms with E-state index >= 15 is 0 Å². The predicted molar refractivity (Wildman–Crippen MR) is 104 cm³/mol. The number of halogens is 1. The highest BCUT2D eigenvalue weighted by molar-refractivity contribution is 6.33. The second kappa shape index (κ2) is 8.41. The lowest BCUT2D eigenvalue weighted by molar-refractivity contribution is 0.0724. The van der Waals surface area contributed by atoms with E-state index in [-0.39, 0.29) is 5.91 Å². The Morgan fingerprint density at radius 3 is 2.69 bits per heavy atom. The Balaban J connectivity index is 1.75. The number of rotatable bonds is 5. The van der Waals surface area contributed by atoms with Crippen LogP contribution in [-0.4, -0.2) is 43.0 Å². The van der Waals surface area contributed by atoms with Crippen LogP contribution >= 0.6 is 11.6 Å². The van der Waals surface area contributed by atoms with Gasteiger partial charge < -0.3 is 14.5 Å². The predicted octanol–water partition coefficient (Wildman–Crippen LogP) is 4.01. The van der Waals surface area contributed by atoms with Crippen LogP contribution in [-0.2, 0) is 6.54 Å². The number of anilines is 1. The van der Waals surface area contributed by atoms with Crippen molar-refractivity contribution >= 4 is 23.3 Å². The van der Waals surface area contributed by atoms with Gasteiger partial charge in [0, 0.05) is 38.4 Å². The van der Waals surface area contributed by atoms with Gasteiger partial charge in [0.15, 0.2) is 0 Å². The first-order valence-corrected chi connectivity index (χ1v) is 9.26. The molecule has 0 aliphatic carbocycles. The average molecular weight is 374 g/mol. The number of benzene rings is 1. The van der Waals surface area contributed by atoms with Crippen LogP contribution in [0.4, 0.5) is 5.82 Å². The topological polar surface area (TPSA) is 45.7 Å². The molecule has 0 atom stereocenters. The molecule has 6 heteroatoms. The zero-order chi connectivity index (χ0) is 18.5. The first-order valence-electron chi connectivity index (χ1n) is 8.88. The number of hydrogen-bond donors (Lipinski definition) is 0. The molecule has 0 saturated carbocycles. The monoisotopic (exact) mass is 373 g/mol. The molecule has 1 aromatic carbocycles. The van der Waals surface area contributed by atoms with Crippen LogP contribution in [0.2, 0.25) is 5.02 Å². The molecular weight excluding hydrogens is 350 g/mol. The lowest BCUT2D eigenvalue weighted by Gasteiger charge is -2.27. The van der Waals surface area contributed by atoms with E-state index in [2.05, 4.69) is 4.98 Å². The molecule has 5 nitrogen and oxygen atoms in total. The van der Waals surface area contributed by atoms with E-state index in [9.17, 15) is 4.79 Å². The van der Waals surface area contributed by atoms with Gasteiger partial charge in [0.1, 0.15) is 11.6 Å². The van der Waals surface area contributed by atoms with Gasteiger partial charge in [-0.2, -0.15) is 0 Å². The molecule has 0 unspecified atom stereocenters. The number of aromatic nitrogens is 1. The SMILES string of the molecule is COc1ccccc1CN(C)c1ncc(C(=O)N2CCCCC2)cc1Cl. The second-order valence-corrected chi connectivity index (χ2v) is 6.96. The van der Waals surface area contributed by atoms with Gasteiger partial charge in [0.25, 0.3) is 5.91 Å². The van der Waals surface area contributed by atoms with Crippen molar-refractivity contribution in [1.29, 1.82) is 0 Å². The Kier molecular flexibility index (Phi) is 5.99. The maximum atomic E-state index is 12.6. The van der Waals surface area contributed by atoms with Crippen molar-refractivity contribution in [2.45, 2.75) is 25.8 Å². The highest BCUT2D eigenvalue weighted by Gasteiger charge is 2.20. The number of carbonyl (C=O) groups excluding carboxylic acids is 1.